The number of carbonyl (C=O) groups excluding carboxylic acids is 1. The Morgan fingerprint density at radius 2 is 2.15 bits per heavy atom. The van der Waals surface area contributed by atoms with Gasteiger partial charge in [0, 0.05) is 24.3 Å². The van der Waals surface area contributed by atoms with Crippen LogP contribution in [-0.4, -0.2) is 25.9 Å². The van der Waals surface area contributed by atoms with Gasteiger partial charge in [-0.25, -0.2) is 0 Å². The van der Waals surface area contributed by atoms with Crippen LogP contribution in [0.3, 0.4) is 0 Å². The summed E-state index contributed by atoms with van der Waals surface area (Å²) in [6.07, 6.45) is 0.203. The minimum absolute atomic E-state index is 0.0933. The molecule has 0 atom stereocenters. The van der Waals surface area contributed by atoms with Crippen LogP contribution in [0.5, 0.6) is 0 Å². The quantitative estimate of drug-likeness (QED) is 0.850. The fourth-order valence-electron chi connectivity index (χ4n) is 2.02. The van der Waals surface area contributed by atoms with E-state index in [1.165, 1.54) is 11.3 Å². The van der Waals surface area contributed by atoms with E-state index >= 15 is 0 Å². The van der Waals surface area contributed by atoms with Gasteiger partial charge in [-0.3, -0.25) is 9.48 Å². The number of hydrogen-bond acceptors (Lipinski definition) is 6. The third-order valence-electron chi connectivity index (χ3n) is 3.09. The van der Waals surface area contributed by atoms with Gasteiger partial charge in [-0.05, 0) is 20.8 Å². The SMILES string of the molecule is CCn1nc(C)c(CNC(=O)Cc2nnc(N)s2)c1C. The highest BCUT2D eigenvalue weighted by Crippen LogP contribution is 2.13. The summed E-state index contributed by atoms with van der Waals surface area (Å²) in [5, 5.41) is 15.8. The van der Waals surface area contributed by atoms with Gasteiger partial charge in [0.1, 0.15) is 5.01 Å². The molecule has 0 saturated heterocycles. The molecule has 1 amide bonds. The van der Waals surface area contributed by atoms with Crippen LogP contribution < -0.4 is 11.1 Å². The Kier molecular flexibility index (Phi) is 4.33. The first kappa shape index (κ1) is 14.4. The van der Waals surface area contributed by atoms with Gasteiger partial charge in [-0.1, -0.05) is 11.3 Å². The number of hydrogen-bond donors (Lipinski definition) is 2. The molecule has 0 aromatic carbocycles. The molecule has 3 N–H and O–H groups in total. The molecule has 2 aromatic rings. The van der Waals surface area contributed by atoms with Crippen LogP contribution in [-0.2, 0) is 24.3 Å². The number of carbonyl (C=O) groups is 1. The molecule has 8 heteroatoms. The van der Waals surface area contributed by atoms with Crippen molar-refractivity contribution in [3.63, 3.8) is 0 Å². The fraction of sp³-hybridized carbons (Fsp3) is 0.500. The van der Waals surface area contributed by atoms with Crippen LogP contribution in [0.1, 0.15) is 28.9 Å². The van der Waals surface area contributed by atoms with Gasteiger partial charge >= 0.3 is 0 Å². The Hall–Kier alpha value is -1.96. The molecular weight excluding hydrogens is 276 g/mol. The molecule has 7 nitrogen and oxygen atoms in total. The second-order valence-corrected chi connectivity index (χ2v) is 5.55. The topological polar surface area (TPSA) is 98.7 Å². The molecule has 0 saturated carbocycles. The van der Waals surface area contributed by atoms with Crippen LogP contribution in [0.4, 0.5) is 5.13 Å². The molecule has 0 bridgehead atoms. The number of nitrogen functional groups attached to an aromatic ring is 1. The monoisotopic (exact) mass is 294 g/mol. The van der Waals surface area contributed by atoms with Crippen molar-refractivity contribution in [3.05, 3.63) is 22.0 Å². The van der Waals surface area contributed by atoms with E-state index in [4.69, 9.17) is 5.73 Å². The lowest BCUT2D eigenvalue weighted by molar-refractivity contribution is -0.120. The molecule has 2 heterocycles. The van der Waals surface area contributed by atoms with E-state index < -0.39 is 0 Å². The van der Waals surface area contributed by atoms with Gasteiger partial charge in [0.2, 0.25) is 11.0 Å². The molecule has 0 radical (unpaired) electrons. The number of nitrogens with zero attached hydrogens (tertiary/aromatic N) is 4. The summed E-state index contributed by atoms with van der Waals surface area (Å²) in [4.78, 5) is 11.9. The van der Waals surface area contributed by atoms with Gasteiger partial charge in [-0.15, -0.1) is 10.2 Å². The van der Waals surface area contributed by atoms with Gasteiger partial charge in [0.15, 0.2) is 0 Å². The van der Waals surface area contributed by atoms with E-state index in [0.717, 1.165) is 23.5 Å². The number of aromatic nitrogens is 4. The third-order valence-corrected chi connectivity index (χ3v) is 3.84. The van der Waals surface area contributed by atoms with Crippen LogP contribution in [0.2, 0.25) is 0 Å². The molecular formula is C12H18N6OS. The largest absolute Gasteiger partial charge is 0.374 e. The number of nitrogens with two attached hydrogens (primary N) is 1. The highest BCUT2D eigenvalue weighted by atomic mass is 32.1. The molecule has 0 aliphatic carbocycles. The molecule has 0 unspecified atom stereocenters. The normalized spacial score (nSPS) is 10.8. The summed E-state index contributed by atoms with van der Waals surface area (Å²) in [5.74, 6) is -0.0933. The van der Waals surface area contributed by atoms with Crippen LogP contribution >= 0.6 is 11.3 Å². The molecule has 0 aliphatic rings. The lowest BCUT2D eigenvalue weighted by atomic mass is 10.2. The minimum Gasteiger partial charge on any atom is -0.374 e. The van der Waals surface area contributed by atoms with Gasteiger partial charge in [-0.2, -0.15) is 5.10 Å². The summed E-state index contributed by atoms with van der Waals surface area (Å²) in [5.41, 5.74) is 8.58. The lowest BCUT2D eigenvalue weighted by Crippen LogP contribution is -2.25. The zero-order valence-electron chi connectivity index (χ0n) is 11.8. The van der Waals surface area contributed by atoms with E-state index in [1.54, 1.807) is 0 Å². The highest BCUT2D eigenvalue weighted by Gasteiger charge is 2.13. The Bertz CT molecular complexity index is 617. The zero-order valence-corrected chi connectivity index (χ0v) is 12.6. The van der Waals surface area contributed by atoms with E-state index in [0.29, 0.717) is 16.7 Å². The number of anilines is 1. The van der Waals surface area contributed by atoms with Gasteiger partial charge in [0.05, 0.1) is 12.1 Å². The second-order valence-electron chi connectivity index (χ2n) is 4.45. The van der Waals surface area contributed by atoms with Crippen molar-refractivity contribution in [3.8, 4) is 0 Å². The standard InChI is InChI=1S/C12H18N6OS/c1-4-18-8(3)9(7(2)17-18)6-14-10(19)5-11-15-16-12(13)20-11/h4-6H2,1-3H3,(H2,13,16)(H,14,19). The molecule has 108 valence electrons. The number of aryl methyl sites for hydroxylation is 2. The van der Waals surface area contributed by atoms with Crippen molar-refractivity contribution in [1.82, 2.24) is 25.3 Å². The molecule has 2 aromatic heterocycles. The van der Waals surface area contributed by atoms with Crippen molar-refractivity contribution in [2.45, 2.75) is 40.3 Å². The first-order valence-corrected chi connectivity index (χ1v) is 7.20. The van der Waals surface area contributed by atoms with Crippen molar-refractivity contribution in [1.29, 1.82) is 0 Å². The van der Waals surface area contributed by atoms with E-state index in [-0.39, 0.29) is 12.3 Å². The predicted octanol–water partition coefficient (Wildman–Crippen LogP) is 0.812. The average molecular weight is 294 g/mol. The fourth-order valence-corrected chi connectivity index (χ4v) is 2.63. The van der Waals surface area contributed by atoms with Crippen molar-refractivity contribution >= 4 is 22.4 Å². The van der Waals surface area contributed by atoms with Crippen molar-refractivity contribution < 1.29 is 4.79 Å². The maximum atomic E-state index is 11.9. The smallest absolute Gasteiger partial charge is 0.227 e. The van der Waals surface area contributed by atoms with Gasteiger partial charge < -0.3 is 11.1 Å². The number of rotatable bonds is 5. The Balaban J connectivity index is 1.95. The molecule has 20 heavy (non-hydrogen) atoms. The van der Waals surface area contributed by atoms with Crippen LogP contribution in [0.25, 0.3) is 0 Å². The molecule has 0 aliphatic heterocycles. The van der Waals surface area contributed by atoms with E-state index in [1.807, 2.05) is 25.5 Å². The zero-order chi connectivity index (χ0) is 14.7. The number of amides is 1. The van der Waals surface area contributed by atoms with Crippen molar-refractivity contribution in [2.75, 3.05) is 5.73 Å². The van der Waals surface area contributed by atoms with E-state index in [9.17, 15) is 4.79 Å². The molecule has 2 rings (SSSR count). The average Bonchev–Trinajstić information content (AvgIpc) is 2.92. The first-order valence-electron chi connectivity index (χ1n) is 6.38. The lowest BCUT2D eigenvalue weighted by Gasteiger charge is -2.05. The Morgan fingerprint density at radius 1 is 1.40 bits per heavy atom. The minimum atomic E-state index is -0.0933. The summed E-state index contributed by atoms with van der Waals surface area (Å²) < 4.78 is 1.93. The van der Waals surface area contributed by atoms with E-state index in [2.05, 4.69) is 20.6 Å². The summed E-state index contributed by atoms with van der Waals surface area (Å²) in [6.45, 7) is 7.31. The van der Waals surface area contributed by atoms with Crippen LogP contribution in [0.15, 0.2) is 0 Å². The third kappa shape index (κ3) is 3.13. The maximum Gasteiger partial charge on any atom is 0.227 e. The Morgan fingerprint density at radius 3 is 2.70 bits per heavy atom. The summed E-state index contributed by atoms with van der Waals surface area (Å²) >= 11 is 1.23. The molecule has 0 spiro atoms. The second kappa shape index (κ2) is 6.00. The maximum absolute atomic E-state index is 11.9. The van der Waals surface area contributed by atoms with Crippen LogP contribution in [0, 0.1) is 13.8 Å². The summed E-state index contributed by atoms with van der Waals surface area (Å²) in [6, 6.07) is 0. The first-order chi connectivity index (χ1) is 9.51. The van der Waals surface area contributed by atoms with Crippen molar-refractivity contribution in [2.24, 2.45) is 0 Å². The predicted molar refractivity (Wildman–Crippen MR) is 77.2 cm³/mol. The van der Waals surface area contributed by atoms with Gasteiger partial charge in [0.25, 0.3) is 0 Å². The number of nitrogens with one attached hydrogen (secondary N) is 1. The summed E-state index contributed by atoms with van der Waals surface area (Å²) in [7, 11) is 0. The highest BCUT2D eigenvalue weighted by molar-refractivity contribution is 7.15. The Labute approximate surface area is 121 Å². The molecule has 0 fully saturated rings.